The highest BCUT2D eigenvalue weighted by molar-refractivity contribution is 9.10. The fraction of sp³-hybridized carbons (Fsp3) is 0.263. The lowest BCUT2D eigenvalue weighted by Gasteiger charge is -2.45. The summed E-state index contributed by atoms with van der Waals surface area (Å²) in [5.41, 5.74) is -1.46. The number of Topliss-reactive ketones (excluding diaryl/α,β-unsaturated/α-hetero) is 1. The third-order valence-electron chi connectivity index (χ3n) is 4.66. The molecule has 2 amide bonds. The van der Waals surface area contributed by atoms with Gasteiger partial charge in [0.05, 0.1) is 6.04 Å². The predicted octanol–water partition coefficient (Wildman–Crippen LogP) is 3.70. The van der Waals surface area contributed by atoms with Gasteiger partial charge in [-0.15, -0.1) is 0 Å². The van der Waals surface area contributed by atoms with E-state index in [1.807, 2.05) is 0 Å². The van der Waals surface area contributed by atoms with Crippen LogP contribution in [0.4, 0.5) is 18.0 Å². The monoisotopic (exact) mass is 456 g/mol. The number of amides is 2. The van der Waals surface area contributed by atoms with Gasteiger partial charge < -0.3 is 15.7 Å². The van der Waals surface area contributed by atoms with Gasteiger partial charge in [0, 0.05) is 10.0 Å². The molecule has 3 N–H and O–H groups in total. The van der Waals surface area contributed by atoms with Crippen molar-refractivity contribution in [1.29, 1.82) is 0 Å². The number of urea groups is 1. The summed E-state index contributed by atoms with van der Waals surface area (Å²) >= 11 is 3.20. The topological polar surface area (TPSA) is 78.4 Å². The van der Waals surface area contributed by atoms with E-state index in [1.165, 1.54) is 36.4 Å². The van der Waals surface area contributed by atoms with Crippen LogP contribution in [0.1, 0.15) is 22.7 Å². The number of hydrogen-bond donors (Lipinski definition) is 3. The van der Waals surface area contributed by atoms with Gasteiger partial charge in [-0.1, -0.05) is 57.9 Å². The number of benzene rings is 2. The molecule has 0 aromatic heterocycles. The summed E-state index contributed by atoms with van der Waals surface area (Å²) in [6.45, 7) is 1.79. The van der Waals surface area contributed by atoms with Gasteiger partial charge in [0.1, 0.15) is 5.92 Å². The molecule has 9 heteroatoms. The molecule has 1 saturated heterocycles. The summed E-state index contributed by atoms with van der Waals surface area (Å²) in [4.78, 5) is 24.6. The highest BCUT2D eigenvalue weighted by Crippen LogP contribution is 2.43. The molecule has 0 saturated carbocycles. The quantitative estimate of drug-likeness (QED) is 0.658. The maximum absolute atomic E-state index is 13.4. The average Bonchev–Trinajstić information content (AvgIpc) is 2.61. The van der Waals surface area contributed by atoms with Crippen molar-refractivity contribution in [2.45, 2.75) is 24.9 Å². The molecule has 148 valence electrons. The zero-order valence-electron chi connectivity index (χ0n) is 14.5. The van der Waals surface area contributed by atoms with Crippen molar-refractivity contribution < 1.29 is 27.9 Å². The van der Waals surface area contributed by atoms with Crippen LogP contribution in [0.2, 0.25) is 0 Å². The molecule has 3 atom stereocenters. The second kappa shape index (κ2) is 7.21. The van der Waals surface area contributed by atoms with Gasteiger partial charge in [-0.3, -0.25) is 4.79 Å². The molecule has 5 nitrogen and oxygen atoms in total. The van der Waals surface area contributed by atoms with Crippen LogP contribution in [0.15, 0.2) is 53.0 Å². The summed E-state index contributed by atoms with van der Waals surface area (Å²) in [5.74, 6) is -4.18. The van der Waals surface area contributed by atoms with E-state index >= 15 is 0 Å². The molecule has 0 bridgehead atoms. The molecule has 0 spiro atoms. The molecular weight excluding hydrogens is 441 g/mol. The van der Waals surface area contributed by atoms with Crippen LogP contribution in [0.3, 0.4) is 0 Å². The summed E-state index contributed by atoms with van der Waals surface area (Å²) in [6.07, 6.45) is -5.21. The Morgan fingerprint density at radius 3 is 2.21 bits per heavy atom. The van der Waals surface area contributed by atoms with Gasteiger partial charge in [0.15, 0.2) is 5.72 Å². The smallest absolute Gasteiger partial charge is 0.366 e. The standard InChI is InChI=1S/C19H16BrF3N2O3/c1-10-2-4-11(5-3-10)15-14(16(26)19(21,22)23)18(28,25-17(27)24-15)12-6-8-13(20)9-7-12/h2-9,14-15,28H,1H3,(H2,24,25,27). The Morgan fingerprint density at radius 2 is 1.68 bits per heavy atom. The van der Waals surface area contributed by atoms with Gasteiger partial charge in [0.2, 0.25) is 5.78 Å². The Morgan fingerprint density at radius 1 is 1.11 bits per heavy atom. The number of nitrogens with one attached hydrogen (secondary N) is 2. The number of alkyl halides is 3. The third kappa shape index (κ3) is 3.77. The minimum absolute atomic E-state index is 0.0368. The fourth-order valence-electron chi connectivity index (χ4n) is 3.28. The summed E-state index contributed by atoms with van der Waals surface area (Å²) in [7, 11) is 0. The summed E-state index contributed by atoms with van der Waals surface area (Å²) < 4.78 is 40.8. The van der Waals surface area contributed by atoms with E-state index in [2.05, 4.69) is 26.6 Å². The molecule has 1 fully saturated rings. The van der Waals surface area contributed by atoms with Crippen LogP contribution in [0.5, 0.6) is 0 Å². The molecule has 0 aliphatic carbocycles. The highest BCUT2D eigenvalue weighted by Gasteiger charge is 2.59. The van der Waals surface area contributed by atoms with E-state index in [-0.39, 0.29) is 11.1 Å². The Kier molecular flexibility index (Phi) is 5.24. The Balaban J connectivity index is 2.18. The van der Waals surface area contributed by atoms with Crippen molar-refractivity contribution in [2.24, 2.45) is 5.92 Å². The van der Waals surface area contributed by atoms with Crippen molar-refractivity contribution >= 4 is 27.7 Å². The SMILES string of the molecule is Cc1ccc(C2NC(=O)NC(O)(c3ccc(Br)cc3)C2C(=O)C(F)(F)F)cc1. The fourth-order valence-corrected chi connectivity index (χ4v) is 3.54. The number of hydrogen-bond acceptors (Lipinski definition) is 3. The third-order valence-corrected chi connectivity index (χ3v) is 5.19. The number of ketones is 1. The molecule has 0 radical (unpaired) electrons. The minimum Gasteiger partial charge on any atom is -0.366 e. The average molecular weight is 457 g/mol. The molecule has 3 unspecified atom stereocenters. The van der Waals surface area contributed by atoms with Gasteiger partial charge >= 0.3 is 12.2 Å². The van der Waals surface area contributed by atoms with Crippen molar-refractivity contribution in [1.82, 2.24) is 10.6 Å². The van der Waals surface area contributed by atoms with E-state index in [0.29, 0.717) is 4.47 Å². The van der Waals surface area contributed by atoms with Crippen LogP contribution in [-0.2, 0) is 10.5 Å². The number of aryl methyl sites for hydroxylation is 1. The van der Waals surface area contributed by atoms with Crippen molar-refractivity contribution in [2.75, 3.05) is 0 Å². The van der Waals surface area contributed by atoms with Crippen molar-refractivity contribution in [3.05, 3.63) is 69.7 Å². The lowest BCUT2D eigenvalue weighted by atomic mass is 9.76. The first kappa shape index (κ1) is 20.3. The van der Waals surface area contributed by atoms with Gasteiger partial charge in [-0.2, -0.15) is 13.2 Å². The number of carbonyl (C=O) groups is 2. The zero-order chi connectivity index (χ0) is 20.7. The molecule has 3 rings (SSSR count). The molecular formula is C19H16BrF3N2O3. The summed E-state index contributed by atoms with van der Waals surface area (Å²) in [6, 6.07) is 9.76. The largest absolute Gasteiger partial charge is 0.450 e. The van der Waals surface area contributed by atoms with Gasteiger partial charge in [-0.05, 0) is 24.6 Å². The van der Waals surface area contributed by atoms with Crippen LogP contribution < -0.4 is 10.6 Å². The van der Waals surface area contributed by atoms with E-state index in [4.69, 9.17) is 0 Å². The Labute approximate surface area is 167 Å². The van der Waals surface area contributed by atoms with Crippen LogP contribution >= 0.6 is 15.9 Å². The van der Waals surface area contributed by atoms with Crippen LogP contribution in [-0.4, -0.2) is 23.1 Å². The minimum atomic E-state index is -5.21. The molecule has 1 aliphatic heterocycles. The normalized spacial score (nSPS) is 25.0. The van der Waals surface area contributed by atoms with Gasteiger partial charge in [-0.25, -0.2) is 4.79 Å². The number of carbonyl (C=O) groups excluding carboxylic acids is 2. The Hall–Kier alpha value is -2.39. The van der Waals surface area contributed by atoms with Crippen molar-refractivity contribution in [3.63, 3.8) is 0 Å². The molecule has 28 heavy (non-hydrogen) atoms. The lowest BCUT2D eigenvalue weighted by molar-refractivity contribution is -0.190. The first-order valence-electron chi connectivity index (χ1n) is 8.27. The van der Waals surface area contributed by atoms with E-state index < -0.39 is 35.7 Å². The van der Waals surface area contributed by atoms with Crippen LogP contribution in [0.25, 0.3) is 0 Å². The first-order chi connectivity index (χ1) is 13.0. The lowest BCUT2D eigenvalue weighted by Crippen LogP contribution is -2.66. The van der Waals surface area contributed by atoms with Crippen LogP contribution in [0, 0.1) is 12.8 Å². The van der Waals surface area contributed by atoms with Gasteiger partial charge in [0.25, 0.3) is 0 Å². The number of halogens is 4. The molecule has 1 heterocycles. The Bertz CT molecular complexity index is 900. The maximum Gasteiger partial charge on any atom is 0.450 e. The zero-order valence-corrected chi connectivity index (χ0v) is 16.1. The number of aliphatic hydroxyl groups is 1. The molecule has 2 aromatic carbocycles. The predicted molar refractivity (Wildman–Crippen MR) is 98.2 cm³/mol. The second-order valence-corrected chi connectivity index (χ2v) is 7.52. The van der Waals surface area contributed by atoms with E-state index in [0.717, 1.165) is 5.56 Å². The second-order valence-electron chi connectivity index (χ2n) is 6.60. The maximum atomic E-state index is 13.4. The van der Waals surface area contributed by atoms with E-state index in [1.54, 1.807) is 19.1 Å². The summed E-state index contributed by atoms with van der Waals surface area (Å²) in [5, 5.41) is 15.6. The molecule has 2 aromatic rings. The molecule has 1 aliphatic rings. The highest BCUT2D eigenvalue weighted by atomic mass is 79.9. The first-order valence-corrected chi connectivity index (χ1v) is 9.06. The van der Waals surface area contributed by atoms with E-state index in [9.17, 15) is 27.9 Å². The number of rotatable bonds is 3. The van der Waals surface area contributed by atoms with Crippen molar-refractivity contribution in [3.8, 4) is 0 Å².